The van der Waals surface area contributed by atoms with Gasteiger partial charge >= 0.3 is 0 Å². The molecule has 0 aromatic heterocycles. The van der Waals surface area contributed by atoms with Crippen LogP contribution in [0, 0.1) is 10.1 Å². The summed E-state index contributed by atoms with van der Waals surface area (Å²) in [7, 11) is 0. The SMILES string of the molecule is O=[N+]([O-])c1ccc(OCCBr)c(Br)c1. The van der Waals surface area contributed by atoms with Crippen molar-refractivity contribution in [3.05, 3.63) is 32.8 Å². The number of hydrogen-bond donors (Lipinski definition) is 0. The zero-order valence-corrected chi connectivity index (χ0v) is 10.2. The van der Waals surface area contributed by atoms with Crippen LogP contribution in [0.25, 0.3) is 0 Å². The van der Waals surface area contributed by atoms with E-state index in [1.165, 1.54) is 12.1 Å². The fraction of sp³-hybridized carbons (Fsp3) is 0.250. The second-order valence-electron chi connectivity index (χ2n) is 2.41. The van der Waals surface area contributed by atoms with Gasteiger partial charge in [0.1, 0.15) is 5.75 Å². The van der Waals surface area contributed by atoms with Crippen molar-refractivity contribution in [2.24, 2.45) is 0 Å². The summed E-state index contributed by atoms with van der Waals surface area (Å²) in [5.74, 6) is 0.607. The van der Waals surface area contributed by atoms with Gasteiger partial charge in [-0.25, -0.2) is 0 Å². The number of rotatable bonds is 4. The Morgan fingerprint density at radius 3 is 2.71 bits per heavy atom. The highest BCUT2D eigenvalue weighted by molar-refractivity contribution is 9.10. The van der Waals surface area contributed by atoms with Gasteiger partial charge in [0.15, 0.2) is 0 Å². The molecule has 0 spiro atoms. The third-order valence-electron chi connectivity index (χ3n) is 1.46. The molecule has 0 aliphatic rings. The Hall–Kier alpha value is -0.620. The molecule has 0 bridgehead atoms. The average Bonchev–Trinajstić information content (AvgIpc) is 2.15. The molecule has 0 radical (unpaired) electrons. The van der Waals surface area contributed by atoms with Crippen LogP contribution in [0.15, 0.2) is 22.7 Å². The molecule has 0 saturated heterocycles. The molecule has 0 unspecified atom stereocenters. The molecule has 6 heteroatoms. The number of nitro benzene ring substituents is 1. The molecular formula is C8H7Br2NO3. The summed E-state index contributed by atoms with van der Waals surface area (Å²) in [6.07, 6.45) is 0. The number of benzene rings is 1. The Kier molecular flexibility index (Phi) is 4.34. The maximum atomic E-state index is 10.4. The fourth-order valence-electron chi connectivity index (χ4n) is 0.869. The maximum Gasteiger partial charge on any atom is 0.270 e. The first-order chi connectivity index (χ1) is 6.65. The molecule has 0 atom stereocenters. The van der Waals surface area contributed by atoms with E-state index < -0.39 is 4.92 Å². The molecule has 0 saturated carbocycles. The Bertz CT molecular complexity index is 343. The minimum Gasteiger partial charge on any atom is -0.492 e. The Morgan fingerprint density at radius 1 is 1.50 bits per heavy atom. The summed E-state index contributed by atoms with van der Waals surface area (Å²) in [5.41, 5.74) is 0.0445. The van der Waals surface area contributed by atoms with Gasteiger partial charge in [-0.1, -0.05) is 15.9 Å². The molecule has 1 aromatic carbocycles. The molecule has 4 nitrogen and oxygen atoms in total. The van der Waals surface area contributed by atoms with Gasteiger partial charge in [-0.2, -0.15) is 0 Å². The largest absolute Gasteiger partial charge is 0.492 e. The first kappa shape index (κ1) is 11.5. The lowest BCUT2D eigenvalue weighted by Gasteiger charge is -2.05. The van der Waals surface area contributed by atoms with Crippen molar-refractivity contribution in [3.63, 3.8) is 0 Å². The van der Waals surface area contributed by atoms with Gasteiger partial charge < -0.3 is 4.74 Å². The highest BCUT2D eigenvalue weighted by atomic mass is 79.9. The molecule has 0 heterocycles. The van der Waals surface area contributed by atoms with Crippen molar-refractivity contribution >= 4 is 37.5 Å². The minimum absolute atomic E-state index is 0.0445. The Labute approximate surface area is 97.7 Å². The van der Waals surface area contributed by atoms with Gasteiger partial charge in [0.2, 0.25) is 0 Å². The van der Waals surface area contributed by atoms with E-state index in [-0.39, 0.29) is 5.69 Å². The molecule has 0 N–H and O–H groups in total. The Balaban J connectivity index is 2.84. The molecule has 0 amide bonds. The van der Waals surface area contributed by atoms with Crippen LogP contribution in [-0.2, 0) is 0 Å². The number of nitrogens with zero attached hydrogens (tertiary/aromatic N) is 1. The normalized spacial score (nSPS) is 9.86. The predicted octanol–water partition coefficient (Wildman–Crippen LogP) is 3.13. The summed E-state index contributed by atoms with van der Waals surface area (Å²) in [4.78, 5) is 9.97. The zero-order valence-electron chi connectivity index (χ0n) is 7.07. The van der Waals surface area contributed by atoms with Crippen LogP contribution in [0.3, 0.4) is 0 Å². The molecule has 1 aromatic rings. The first-order valence-corrected chi connectivity index (χ1v) is 5.69. The summed E-state index contributed by atoms with van der Waals surface area (Å²) in [5, 5.41) is 11.1. The van der Waals surface area contributed by atoms with Gasteiger partial charge in [0.25, 0.3) is 5.69 Å². The standard InChI is InChI=1S/C8H7Br2NO3/c9-3-4-14-8-2-1-6(11(12)13)5-7(8)10/h1-2,5H,3-4H2. The smallest absolute Gasteiger partial charge is 0.270 e. The molecule has 0 aliphatic heterocycles. The Morgan fingerprint density at radius 2 is 2.21 bits per heavy atom. The van der Waals surface area contributed by atoms with Gasteiger partial charge in [-0.3, -0.25) is 10.1 Å². The van der Waals surface area contributed by atoms with Crippen molar-refractivity contribution in [1.82, 2.24) is 0 Å². The molecule has 0 aliphatic carbocycles. The van der Waals surface area contributed by atoms with Crippen LogP contribution in [0.1, 0.15) is 0 Å². The molecule has 14 heavy (non-hydrogen) atoms. The maximum absolute atomic E-state index is 10.4. The monoisotopic (exact) mass is 323 g/mol. The van der Waals surface area contributed by atoms with E-state index in [0.29, 0.717) is 16.8 Å². The third-order valence-corrected chi connectivity index (χ3v) is 2.40. The van der Waals surface area contributed by atoms with E-state index in [9.17, 15) is 10.1 Å². The van der Waals surface area contributed by atoms with E-state index in [4.69, 9.17) is 4.74 Å². The fourth-order valence-corrected chi connectivity index (χ4v) is 1.51. The summed E-state index contributed by atoms with van der Waals surface area (Å²) in [6.45, 7) is 0.524. The topological polar surface area (TPSA) is 52.4 Å². The third kappa shape index (κ3) is 2.95. The highest BCUT2D eigenvalue weighted by Gasteiger charge is 2.09. The summed E-state index contributed by atoms with van der Waals surface area (Å²) in [6, 6.07) is 4.41. The van der Waals surface area contributed by atoms with Gasteiger partial charge in [-0.05, 0) is 22.0 Å². The van der Waals surface area contributed by atoms with Crippen LogP contribution >= 0.6 is 31.9 Å². The minimum atomic E-state index is -0.445. The average molecular weight is 325 g/mol. The van der Waals surface area contributed by atoms with Crippen molar-refractivity contribution in [1.29, 1.82) is 0 Å². The number of alkyl halides is 1. The van der Waals surface area contributed by atoms with Gasteiger partial charge in [-0.15, -0.1) is 0 Å². The zero-order chi connectivity index (χ0) is 10.6. The van der Waals surface area contributed by atoms with Crippen molar-refractivity contribution in [2.75, 3.05) is 11.9 Å². The molecular weight excluding hydrogens is 318 g/mol. The predicted molar refractivity (Wildman–Crippen MR) is 60.1 cm³/mol. The number of hydrogen-bond acceptors (Lipinski definition) is 3. The van der Waals surface area contributed by atoms with Gasteiger partial charge in [0, 0.05) is 17.5 Å². The lowest BCUT2D eigenvalue weighted by atomic mass is 10.3. The molecule has 0 fully saturated rings. The van der Waals surface area contributed by atoms with Gasteiger partial charge in [0.05, 0.1) is 16.0 Å². The quantitative estimate of drug-likeness (QED) is 0.485. The van der Waals surface area contributed by atoms with Crippen molar-refractivity contribution < 1.29 is 9.66 Å². The van der Waals surface area contributed by atoms with Crippen LogP contribution in [0.4, 0.5) is 5.69 Å². The van der Waals surface area contributed by atoms with E-state index >= 15 is 0 Å². The second kappa shape index (κ2) is 5.31. The molecule has 1 rings (SSSR count). The van der Waals surface area contributed by atoms with Crippen molar-refractivity contribution in [3.8, 4) is 5.75 Å². The summed E-state index contributed by atoms with van der Waals surface area (Å²) >= 11 is 6.42. The first-order valence-electron chi connectivity index (χ1n) is 3.78. The molecule has 76 valence electrons. The number of non-ortho nitro benzene ring substituents is 1. The lowest BCUT2D eigenvalue weighted by molar-refractivity contribution is -0.384. The second-order valence-corrected chi connectivity index (χ2v) is 4.06. The summed E-state index contributed by atoms with van der Waals surface area (Å²) < 4.78 is 5.89. The van der Waals surface area contributed by atoms with E-state index in [1.807, 2.05) is 0 Å². The van der Waals surface area contributed by atoms with E-state index in [0.717, 1.165) is 5.33 Å². The number of nitro groups is 1. The highest BCUT2D eigenvalue weighted by Crippen LogP contribution is 2.28. The van der Waals surface area contributed by atoms with Crippen molar-refractivity contribution in [2.45, 2.75) is 0 Å². The van der Waals surface area contributed by atoms with E-state index in [1.54, 1.807) is 6.07 Å². The van der Waals surface area contributed by atoms with Crippen LogP contribution in [0.5, 0.6) is 5.75 Å². The van der Waals surface area contributed by atoms with Crippen LogP contribution in [-0.4, -0.2) is 16.9 Å². The van der Waals surface area contributed by atoms with Crippen LogP contribution in [0.2, 0.25) is 0 Å². The lowest BCUT2D eigenvalue weighted by Crippen LogP contribution is -1.98. The number of ether oxygens (including phenoxy) is 1. The van der Waals surface area contributed by atoms with E-state index in [2.05, 4.69) is 31.9 Å². The van der Waals surface area contributed by atoms with Crippen LogP contribution < -0.4 is 4.74 Å². The number of halogens is 2.